The van der Waals surface area contributed by atoms with Gasteiger partial charge in [0, 0.05) is 11.4 Å². The molecule has 0 spiro atoms. The highest BCUT2D eigenvalue weighted by atomic mass is 127. The highest BCUT2D eigenvalue weighted by Gasteiger charge is 2.23. The number of guanidine groups is 1. The Kier molecular flexibility index (Phi) is 6.84. The summed E-state index contributed by atoms with van der Waals surface area (Å²) in [5.41, 5.74) is 11.2. The molecule has 0 unspecified atom stereocenters. The van der Waals surface area contributed by atoms with Crippen LogP contribution in [0, 0.1) is 13.8 Å². The van der Waals surface area contributed by atoms with E-state index >= 15 is 0 Å². The fraction of sp³-hybridized carbons (Fsp3) is 0.263. The molecule has 1 amide bonds. The fourth-order valence-electron chi connectivity index (χ4n) is 2.59. The zero-order chi connectivity index (χ0) is 17.8. The van der Waals surface area contributed by atoms with Crippen LogP contribution in [0.1, 0.15) is 16.7 Å². The molecular formula is C19H23IN4O2. The van der Waals surface area contributed by atoms with Crippen LogP contribution >= 0.6 is 24.0 Å². The Morgan fingerprint density at radius 1 is 1.19 bits per heavy atom. The van der Waals surface area contributed by atoms with Crippen LogP contribution in [-0.4, -0.2) is 25.2 Å². The van der Waals surface area contributed by atoms with Crippen molar-refractivity contribution in [2.75, 3.05) is 23.4 Å². The summed E-state index contributed by atoms with van der Waals surface area (Å²) in [6.45, 7) is 5.62. The zero-order valence-electron chi connectivity index (χ0n) is 14.9. The predicted molar refractivity (Wildman–Crippen MR) is 115 cm³/mol. The maximum Gasteiger partial charge on any atom is 0.414 e. The average molecular weight is 466 g/mol. The molecule has 3 rings (SSSR count). The fourth-order valence-corrected chi connectivity index (χ4v) is 2.59. The average Bonchev–Trinajstić information content (AvgIpc) is 3.03. The van der Waals surface area contributed by atoms with Crippen LogP contribution in [-0.2, 0) is 11.3 Å². The van der Waals surface area contributed by atoms with Gasteiger partial charge < -0.3 is 15.8 Å². The van der Waals surface area contributed by atoms with Crippen LogP contribution < -0.4 is 16.0 Å². The quantitative estimate of drug-likeness (QED) is 0.408. The number of nitrogens with zero attached hydrogens (tertiary/aromatic N) is 2. The highest BCUT2D eigenvalue weighted by molar-refractivity contribution is 14.0. The number of nitrogens with one attached hydrogen (secondary N) is 1. The number of aryl methyl sites for hydroxylation is 2. The SMILES string of the molecule is Cc1ccc(NC(N)=NCc2ccc(N3CCOC3=O)cc2)cc1C.I. The molecule has 0 radical (unpaired) electrons. The molecule has 2 aromatic rings. The Labute approximate surface area is 170 Å². The minimum atomic E-state index is -0.299. The van der Waals surface area contributed by atoms with Crippen molar-refractivity contribution in [2.45, 2.75) is 20.4 Å². The summed E-state index contributed by atoms with van der Waals surface area (Å²) >= 11 is 0. The van der Waals surface area contributed by atoms with Gasteiger partial charge >= 0.3 is 6.09 Å². The third kappa shape index (κ3) is 4.87. The normalized spacial score (nSPS) is 14.0. The first-order valence-electron chi connectivity index (χ1n) is 8.20. The van der Waals surface area contributed by atoms with Crippen LogP contribution in [0.15, 0.2) is 47.5 Å². The van der Waals surface area contributed by atoms with E-state index in [1.807, 2.05) is 42.5 Å². The van der Waals surface area contributed by atoms with Gasteiger partial charge in [0.1, 0.15) is 6.61 Å². The molecule has 1 aliphatic heterocycles. The smallest absolute Gasteiger partial charge is 0.414 e. The second-order valence-corrected chi connectivity index (χ2v) is 6.06. The summed E-state index contributed by atoms with van der Waals surface area (Å²) in [4.78, 5) is 17.5. The summed E-state index contributed by atoms with van der Waals surface area (Å²) in [5, 5.41) is 3.10. The topological polar surface area (TPSA) is 79.9 Å². The minimum absolute atomic E-state index is 0. The lowest BCUT2D eigenvalue weighted by Gasteiger charge is -2.12. The van der Waals surface area contributed by atoms with Crippen molar-refractivity contribution < 1.29 is 9.53 Å². The lowest BCUT2D eigenvalue weighted by atomic mass is 10.1. The Hall–Kier alpha value is -2.29. The van der Waals surface area contributed by atoms with Crippen LogP contribution in [0.5, 0.6) is 0 Å². The van der Waals surface area contributed by atoms with E-state index in [4.69, 9.17) is 10.5 Å². The number of ether oxygens (including phenoxy) is 1. The molecule has 7 heteroatoms. The van der Waals surface area contributed by atoms with Crippen molar-refractivity contribution in [1.82, 2.24) is 0 Å². The number of anilines is 2. The van der Waals surface area contributed by atoms with Gasteiger partial charge in [-0.3, -0.25) is 4.90 Å². The Balaban J connectivity index is 0.00000243. The van der Waals surface area contributed by atoms with E-state index in [-0.39, 0.29) is 30.1 Å². The molecule has 0 atom stereocenters. The van der Waals surface area contributed by atoms with Crippen molar-refractivity contribution in [3.63, 3.8) is 0 Å². The van der Waals surface area contributed by atoms with Gasteiger partial charge in [0.05, 0.1) is 13.1 Å². The number of rotatable bonds is 4. The molecule has 3 N–H and O–H groups in total. The molecule has 1 heterocycles. The number of hydrogen-bond donors (Lipinski definition) is 2. The maximum absolute atomic E-state index is 11.6. The first-order valence-corrected chi connectivity index (χ1v) is 8.20. The van der Waals surface area contributed by atoms with Crippen molar-refractivity contribution in [1.29, 1.82) is 0 Å². The van der Waals surface area contributed by atoms with Gasteiger partial charge in [-0.1, -0.05) is 18.2 Å². The van der Waals surface area contributed by atoms with Gasteiger partial charge in [-0.15, -0.1) is 24.0 Å². The molecule has 2 aromatic carbocycles. The Morgan fingerprint density at radius 2 is 1.92 bits per heavy atom. The van der Waals surface area contributed by atoms with Crippen molar-refractivity contribution in [3.8, 4) is 0 Å². The molecule has 0 saturated carbocycles. The van der Waals surface area contributed by atoms with E-state index in [0.29, 0.717) is 25.7 Å². The van der Waals surface area contributed by atoms with E-state index in [0.717, 1.165) is 16.9 Å². The number of cyclic esters (lactones) is 1. The number of nitrogens with two attached hydrogens (primary N) is 1. The monoisotopic (exact) mass is 466 g/mol. The Morgan fingerprint density at radius 3 is 2.54 bits per heavy atom. The predicted octanol–water partition coefficient (Wildman–Crippen LogP) is 3.80. The van der Waals surface area contributed by atoms with E-state index in [1.165, 1.54) is 11.1 Å². The molecule has 6 nitrogen and oxygen atoms in total. The second kappa shape index (κ2) is 8.88. The van der Waals surface area contributed by atoms with Crippen LogP contribution in [0.2, 0.25) is 0 Å². The first kappa shape index (κ1) is 20.0. The molecule has 0 aromatic heterocycles. The third-order valence-corrected chi connectivity index (χ3v) is 4.22. The number of aliphatic imine (C=N–C) groups is 1. The molecule has 1 aliphatic rings. The van der Waals surface area contributed by atoms with Gasteiger partial charge in [0.25, 0.3) is 0 Å². The summed E-state index contributed by atoms with van der Waals surface area (Å²) < 4.78 is 4.94. The molecule has 26 heavy (non-hydrogen) atoms. The van der Waals surface area contributed by atoms with Crippen LogP contribution in [0.3, 0.4) is 0 Å². The number of hydrogen-bond acceptors (Lipinski definition) is 3. The third-order valence-electron chi connectivity index (χ3n) is 4.22. The lowest BCUT2D eigenvalue weighted by Crippen LogP contribution is -2.23. The molecule has 1 saturated heterocycles. The van der Waals surface area contributed by atoms with Gasteiger partial charge in [0.15, 0.2) is 5.96 Å². The summed E-state index contributed by atoms with van der Waals surface area (Å²) in [7, 11) is 0. The molecular weight excluding hydrogens is 443 g/mol. The largest absolute Gasteiger partial charge is 0.447 e. The van der Waals surface area contributed by atoms with Crippen molar-refractivity contribution in [3.05, 3.63) is 59.2 Å². The number of amides is 1. The van der Waals surface area contributed by atoms with Crippen molar-refractivity contribution >= 4 is 47.4 Å². The highest BCUT2D eigenvalue weighted by Crippen LogP contribution is 2.19. The van der Waals surface area contributed by atoms with Crippen LogP contribution in [0.25, 0.3) is 0 Å². The van der Waals surface area contributed by atoms with Gasteiger partial charge in [-0.05, 0) is 54.8 Å². The first-order chi connectivity index (χ1) is 12.0. The van der Waals surface area contributed by atoms with Crippen LogP contribution in [0.4, 0.5) is 16.2 Å². The second-order valence-electron chi connectivity index (χ2n) is 6.06. The molecule has 138 valence electrons. The maximum atomic E-state index is 11.6. The number of carbonyl (C=O) groups excluding carboxylic acids is 1. The van der Waals surface area contributed by atoms with E-state index in [2.05, 4.69) is 24.2 Å². The lowest BCUT2D eigenvalue weighted by molar-refractivity contribution is 0.181. The number of halogens is 1. The zero-order valence-corrected chi connectivity index (χ0v) is 17.2. The van der Waals surface area contributed by atoms with Gasteiger partial charge in [0.2, 0.25) is 0 Å². The van der Waals surface area contributed by atoms with E-state index < -0.39 is 0 Å². The van der Waals surface area contributed by atoms with E-state index in [1.54, 1.807) is 4.90 Å². The summed E-state index contributed by atoms with van der Waals surface area (Å²) in [5.74, 6) is 0.371. The van der Waals surface area contributed by atoms with Gasteiger partial charge in [-0.25, -0.2) is 9.79 Å². The standard InChI is InChI=1S/C19H22N4O2.HI/c1-13-3-6-16(11-14(13)2)22-18(20)21-12-15-4-7-17(8-5-15)23-9-10-25-19(23)24;/h3-8,11H,9-10,12H2,1-2H3,(H3,20,21,22);1H. The van der Waals surface area contributed by atoms with Crippen molar-refractivity contribution in [2.24, 2.45) is 10.7 Å². The molecule has 0 bridgehead atoms. The Bertz CT molecular complexity index is 806. The minimum Gasteiger partial charge on any atom is -0.447 e. The summed E-state index contributed by atoms with van der Waals surface area (Å²) in [6.07, 6.45) is -0.299. The van der Waals surface area contributed by atoms with Gasteiger partial charge in [-0.2, -0.15) is 0 Å². The molecule has 0 aliphatic carbocycles. The molecule has 1 fully saturated rings. The van der Waals surface area contributed by atoms with E-state index in [9.17, 15) is 4.79 Å². The number of carbonyl (C=O) groups is 1. The number of benzene rings is 2. The summed E-state index contributed by atoms with van der Waals surface area (Å²) in [6, 6.07) is 13.7.